The van der Waals surface area contributed by atoms with E-state index in [9.17, 15) is 0 Å². The third-order valence-corrected chi connectivity index (χ3v) is 1.37. The topological polar surface area (TPSA) is 21.1 Å². The van der Waals surface area contributed by atoms with Crippen LogP contribution in [0.25, 0.3) is 0 Å². The predicted molar refractivity (Wildman–Crippen MR) is 42.3 cm³/mol. The summed E-state index contributed by atoms with van der Waals surface area (Å²) in [5.41, 5.74) is 1.06. The second-order valence-electron chi connectivity index (χ2n) is 2.69. The summed E-state index contributed by atoms with van der Waals surface area (Å²) in [6, 6.07) is 0. The van der Waals surface area contributed by atoms with Crippen molar-refractivity contribution in [3.8, 4) is 0 Å². The van der Waals surface area contributed by atoms with Crippen molar-refractivity contribution < 1.29 is 0 Å². The Morgan fingerprint density at radius 2 is 2.10 bits per heavy atom. The number of rotatable bonds is 1. The highest BCUT2D eigenvalue weighted by atomic mass is 15.3. The van der Waals surface area contributed by atoms with Gasteiger partial charge in [-0.3, -0.25) is 0 Å². The second-order valence-corrected chi connectivity index (χ2v) is 2.69. The monoisotopic (exact) mass is 139 g/mol. The minimum Gasteiger partial charge on any atom is -0.348 e. The first-order valence-electron chi connectivity index (χ1n) is 3.28. The largest absolute Gasteiger partial charge is 0.348 e. The molecule has 1 rings (SSSR count). The van der Waals surface area contributed by atoms with Gasteiger partial charge in [-0.1, -0.05) is 0 Å². The van der Waals surface area contributed by atoms with E-state index >= 15 is 0 Å². The summed E-state index contributed by atoms with van der Waals surface area (Å²) in [6.45, 7) is 1.99. The zero-order valence-corrected chi connectivity index (χ0v) is 6.92. The normalized spacial score (nSPS) is 10.0. The molecule has 10 heavy (non-hydrogen) atoms. The predicted octanol–water partition coefficient (Wildman–Crippen LogP) is 0.795. The van der Waals surface area contributed by atoms with Gasteiger partial charge in [0.05, 0.1) is 5.69 Å². The van der Waals surface area contributed by atoms with Gasteiger partial charge in [0.1, 0.15) is 0 Å². The maximum atomic E-state index is 4.30. The summed E-state index contributed by atoms with van der Waals surface area (Å²) in [5.74, 6) is 0.998. The van der Waals surface area contributed by atoms with E-state index in [-0.39, 0.29) is 0 Å². The molecule has 1 aromatic rings. The molecule has 0 aliphatic heterocycles. The van der Waals surface area contributed by atoms with Crippen molar-refractivity contribution in [3.63, 3.8) is 0 Å². The van der Waals surface area contributed by atoms with E-state index in [0.717, 1.165) is 11.6 Å². The summed E-state index contributed by atoms with van der Waals surface area (Å²) in [5, 5.41) is 0. The van der Waals surface area contributed by atoms with Crippen LogP contribution < -0.4 is 4.90 Å². The van der Waals surface area contributed by atoms with Crippen LogP contribution in [-0.2, 0) is 7.05 Å². The maximum absolute atomic E-state index is 4.30. The molecule has 3 nitrogen and oxygen atoms in total. The molecule has 0 spiro atoms. The minimum atomic E-state index is 0.998. The third kappa shape index (κ3) is 1.12. The van der Waals surface area contributed by atoms with Gasteiger partial charge in [0.15, 0.2) is 0 Å². The lowest BCUT2D eigenvalue weighted by atomic mass is 10.6. The Kier molecular flexibility index (Phi) is 1.66. The molecule has 0 aliphatic carbocycles. The van der Waals surface area contributed by atoms with E-state index < -0.39 is 0 Å². The smallest absolute Gasteiger partial charge is 0.204 e. The van der Waals surface area contributed by atoms with Gasteiger partial charge in [-0.05, 0) is 6.92 Å². The number of nitrogens with zero attached hydrogens (tertiary/aromatic N) is 3. The van der Waals surface area contributed by atoms with Gasteiger partial charge in [-0.2, -0.15) is 0 Å². The van der Waals surface area contributed by atoms with Crippen LogP contribution in [0.5, 0.6) is 0 Å². The fourth-order valence-electron chi connectivity index (χ4n) is 1.02. The van der Waals surface area contributed by atoms with Crippen LogP contribution in [-0.4, -0.2) is 23.6 Å². The van der Waals surface area contributed by atoms with Crippen LogP contribution in [0.4, 0.5) is 5.95 Å². The Hall–Kier alpha value is -0.990. The highest BCUT2D eigenvalue weighted by Gasteiger charge is 2.01. The van der Waals surface area contributed by atoms with Gasteiger partial charge in [0.25, 0.3) is 0 Å². The molecular formula is C7H13N3. The first-order chi connectivity index (χ1) is 4.61. The second kappa shape index (κ2) is 2.33. The van der Waals surface area contributed by atoms with Gasteiger partial charge >= 0.3 is 0 Å². The lowest BCUT2D eigenvalue weighted by Crippen LogP contribution is -2.13. The molecule has 0 aromatic carbocycles. The van der Waals surface area contributed by atoms with Crippen LogP contribution in [0.15, 0.2) is 6.20 Å². The molecule has 0 saturated heterocycles. The molecular weight excluding hydrogens is 126 g/mol. The summed E-state index contributed by atoms with van der Waals surface area (Å²) < 4.78 is 2.01. The summed E-state index contributed by atoms with van der Waals surface area (Å²) in [6.07, 6.45) is 2.01. The number of anilines is 1. The molecule has 0 N–H and O–H groups in total. The average molecular weight is 139 g/mol. The highest BCUT2D eigenvalue weighted by molar-refractivity contribution is 5.29. The fourth-order valence-corrected chi connectivity index (χ4v) is 1.02. The molecule has 0 bridgehead atoms. The van der Waals surface area contributed by atoms with Crippen LogP contribution in [0.2, 0.25) is 0 Å². The van der Waals surface area contributed by atoms with Crippen LogP contribution in [0.3, 0.4) is 0 Å². The zero-order chi connectivity index (χ0) is 7.72. The Bertz CT molecular complexity index is 225. The van der Waals surface area contributed by atoms with Crippen molar-refractivity contribution in [2.75, 3.05) is 19.0 Å². The number of hydrogen-bond donors (Lipinski definition) is 0. The van der Waals surface area contributed by atoms with Gasteiger partial charge in [-0.15, -0.1) is 0 Å². The molecule has 0 radical (unpaired) electrons. The number of hydrogen-bond acceptors (Lipinski definition) is 2. The summed E-state index contributed by atoms with van der Waals surface area (Å²) in [4.78, 5) is 6.29. The first kappa shape index (κ1) is 7.12. The van der Waals surface area contributed by atoms with E-state index in [2.05, 4.69) is 4.98 Å². The number of imidazole rings is 1. The van der Waals surface area contributed by atoms with Crippen molar-refractivity contribution in [3.05, 3.63) is 11.9 Å². The molecule has 1 heterocycles. The average Bonchev–Trinajstić information content (AvgIpc) is 2.10. The molecule has 3 heteroatoms. The van der Waals surface area contributed by atoms with E-state index in [4.69, 9.17) is 0 Å². The van der Waals surface area contributed by atoms with Crippen molar-refractivity contribution in [2.45, 2.75) is 6.92 Å². The first-order valence-corrected chi connectivity index (χ1v) is 3.28. The summed E-state index contributed by atoms with van der Waals surface area (Å²) >= 11 is 0. The van der Waals surface area contributed by atoms with Gasteiger partial charge in [-0.25, -0.2) is 4.98 Å². The number of aryl methyl sites for hydroxylation is 2. The van der Waals surface area contributed by atoms with E-state index in [1.165, 1.54) is 0 Å². The van der Waals surface area contributed by atoms with Crippen molar-refractivity contribution in [1.82, 2.24) is 9.55 Å². The highest BCUT2D eigenvalue weighted by Crippen LogP contribution is 2.07. The van der Waals surface area contributed by atoms with E-state index in [0.29, 0.717) is 0 Å². The Morgan fingerprint density at radius 3 is 2.30 bits per heavy atom. The van der Waals surface area contributed by atoms with Crippen LogP contribution in [0, 0.1) is 6.92 Å². The fraction of sp³-hybridized carbons (Fsp3) is 0.571. The molecule has 0 saturated carbocycles. The molecule has 0 fully saturated rings. The van der Waals surface area contributed by atoms with Crippen molar-refractivity contribution >= 4 is 5.95 Å². The molecule has 0 unspecified atom stereocenters. The van der Waals surface area contributed by atoms with Crippen LogP contribution in [0.1, 0.15) is 5.69 Å². The summed E-state index contributed by atoms with van der Waals surface area (Å²) in [7, 11) is 5.97. The zero-order valence-electron chi connectivity index (χ0n) is 6.92. The Balaban J connectivity index is 3.03. The van der Waals surface area contributed by atoms with Crippen molar-refractivity contribution in [2.24, 2.45) is 7.05 Å². The maximum Gasteiger partial charge on any atom is 0.204 e. The Morgan fingerprint density at radius 1 is 1.50 bits per heavy atom. The lowest BCUT2D eigenvalue weighted by Gasteiger charge is -2.09. The van der Waals surface area contributed by atoms with E-state index in [1.807, 2.05) is 43.7 Å². The quantitative estimate of drug-likeness (QED) is 0.573. The van der Waals surface area contributed by atoms with Gasteiger partial charge in [0.2, 0.25) is 5.95 Å². The van der Waals surface area contributed by atoms with Crippen LogP contribution >= 0.6 is 0 Å². The van der Waals surface area contributed by atoms with Gasteiger partial charge < -0.3 is 9.47 Å². The number of aromatic nitrogens is 2. The van der Waals surface area contributed by atoms with Gasteiger partial charge in [0, 0.05) is 27.3 Å². The van der Waals surface area contributed by atoms with E-state index in [1.54, 1.807) is 0 Å². The standard InChI is InChI=1S/C7H13N3/c1-6-5-10(4)7(8-6)9(2)3/h5H,1-4H3. The lowest BCUT2D eigenvalue weighted by molar-refractivity contribution is 0.867. The molecule has 1 aromatic heterocycles. The SMILES string of the molecule is Cc1cn(C)c(N(C)C)n1. The molecule has 0 atom stereocenters. The molecule has 0 amide bonds. The Labute approximate surface area is 61.3 Å². The third-order valence-electron chi connectivity index (χ3n) is 1.37. The van der Waals surface area contributed by atoms with Crippen molar-refractivity contribution in [1.29, 1.82) is 0 Å². The minimum absolute atomic E-state index is 0.998. The molecule has 0 aliphatic rings. The molecule has 56 valence electrons.